The maximum Gasteiger partial charge on any atom is 0.144 e. The molecular weight excluding hydrogens is 257 g/mol. The maximum absolute atomic E-state index is 14.1. The van der Waals surface area contributed by atoms with Gasteiger partial charge in [-0.15, -0.1) is 0 Å². The number of rotatable bonds is 3. The van der Waals surface area contributed by atoms with Gasteiger partial charge in [0.05, 0.1) is 18.4 Å². The highest BCUT2D eigenvalue weighted by Gasteiger charge is 2.29. The average Bonchev–Trinajstić information content (AvgIpc) is 2.91. The van der Waals surface area contributed by atoms with Crippen LogP contribution < -0.4 is 0 Å². The second-order valence-corrected chi connectivity index (χ2v) is 4.89. The highest BCUT2D eigenvalue weighted by atomic mass is 19.1. The van der Waals surface area contributed by atoms with Crippen molar-refractivity contribution in [3.63, 3.8) is 0 Å². The molecule has 0 bridgehead atoms. The molecule has 0 amide bonds. The Morgan fingerprint density at radius 1 is 1.60 bits per heavy atom. The number of aromatic nitrogens is 2. The normalized spacial score (nSPS) is 22.9. The Bertz CT molecular complexity index is 622. The molecule has 3 aliphatic rings. The summed E-state index contributed by atoms with van der Waals surface area (Å²) in [7, 11) is 0. The molecule has 3 aliphatic heterocycles. The Labute approximate surface area is 116 Å². The molecule has 4 nitrogen and oxygen atoms in total. The molecule has 1 N–H and O–H groups in total. The van der Waals surface area contributed by atoms with Crippen LogP contribution in [0.4, 0.5) is 4.39 Å². The largest absolute Gasteiger partial charge is 0.378 e. The van der Waals surface area contributed by atoms with Crippen molar-refractivity contribution >= 4 is 5.71 Å². The number of pyridine rings is 1. The third kappa shape index (κ3) is 2.04. The van der Waals surface area contributed by atoms with Crippen LogP contribution in [-0.4, -0.2) is 34.6 Å². The number of fused-ring (bicyclic) bond motifs is 1. The Hall–Kier alpha value is -2.01. The van der Waals surface area contributed by atoms with Crippen LogP contribution in [0.5, 0.6) is 0 Å². The molecule has 0 spiro atoms. The highest BCUT2D eigenvalue weighted by Crippen LogP contribution is 2.32. The molecular formula is C15H16FN3O. The maximum atomic E-state index is 14.1. The second kappa shape index (κ2) is 5.17. The zero-order chi connectivity index (χ0) is 14.1. The number of nitrogens with zero attached hydrogens (tertiary/aromatic N) is 2. The van der Waals surface area contributed by atoms with E-state index < -0.39 is 6.17 Å². The van der Waals surface area contributed by atoms with Crippen molar-refractivity contribution in [2.75, 3.05) is 13.2 Å². The molecule has 0 radical (unpaired) electrons. The van der Waals surface area contributed by atoms with Crippen molar-refractivity contribution < 1.29 is 9.13 Å². The number of ether oxygens (including phenoxy) is 1. The molecule has 0 aliphatic carbocycles. The predicted octanol–water partition coefficient (Wildman–Crippen LogP) is 2.84. The van der Waals surface area contributed by atoms with E-state index in [1.807, 2.05) is 22.9 Å². The summed E-state index contributed by atoms with van der Waals surface area (Å²) in [5.41, 5.74) is 1.91. The van der Waals surface area contributed by atoms with Gasteiger partial charge in [-0.2, -0.15) is 0 Å². The first-order valence-electron chi connectivity index (χ1n) is 6.61. The molecule has 3 rings (SSSR count). The fourth-order valence-corrected chi connectivity index (χ4v) is 2.66. The van der Waals surface area contributed by atoms with Crippen molar-refractivity contribution in [2.24, 2.45) is 0 Å². The molecule has 0 aromatic rings. The first-order chi connectivity index (χ1) is 9.72. The standard InChI is InChI=1S/C15H16FN3O/c1-2-13(17)11-8-18-15-10(11)4-3-6-19(15)14-5-7-20-9-12(14)16/h2-4,6,8,12,14,17H,1,5,7,9H2/t12-,14?/m0/s1. The molecule has 0 saturated carbocycles. The molecule has 1 saturated heterocycles. The molecule has 3 heterocycles. The van der Waals surface area contributed by atoms with Gasteiger partial charge in [0.2, 0.25) is 0 Å². The number of nitrogens with one attached hydrogen (secondary N) is 1. The zero-order valence-corrected chi connectivity index (χ0v) is 11.1. The van der Waals surface area contributed by atoms with Gasteiger partial charge in [-0.05, 0) is 24.6 Å². The van der Waals surface area contributed by atoms with Gasteiger partial charge in [0.1, 0.15) is 12.0 Å². The summed E-state index contributed by atoms with van der Waals surface area (Å²) in [6.07, 6.45) is 4.58. The monoisotopic (exact) mass is 273 g/mol. The molecule has 104 valence electrons. The summed E-state index contributed by atoms with van der Waals surface area (Å²) >= 11 is 0. The fraction of sp³-hybridized carbons (Fsp3) is 0.333. The molecule has 0 aromatic heterocycles. The van der Waals surface area contributed by atoms with Crippen LogP contribution in [0, 0.1) is 5.41 Å². The third-order valence-electron chi connectivity index (χ3n) is 3.71. The van der Waals surface area contributed by atoms with Gasteiger partial charge in [0.15, 0.2) is 0 Å². The number of hydrogen-bond acceptors (Lipinski definition) is 3. The Morgan fingerprint density at radius 3 is 3.20 bits per heavy atom. The van der Waals surface area contributed by atoms with Gasteiger partial charge < -0.3 is 14.7 Å². The van der Waals surface area contributed by atoms with Gasteiger partial charge in [0, 0.05) is 30.1 Å². The van der Waals surface area contributed by atoms with Crippen molar-refractivity contribution in [1.29, 1.82) is 5.41 Å². The van der Waals surface area contributed by atoms with Gasteiger partial charge in [-0.1, -0.05) is 6.58 Å². The summed E-state index contributed by atoms with van der Waals surface area (Å²) in [4.78, 5) is 4.36. The van der Waals surface area contributed by atoms with E-state index in [-0.39, 0.29) is 12.6 Å². The average molecular weight is 273 g/mol. The SMILES string of the molecule is C=CC(=N)c1cnc2n(C3CCOC[C@@H]3F)cccc1-2. The van der Waals surface area contributed by atoms with Crippen molar-refractivity contribution in [2.45, 2.75) is 18.6 Å². The van der Waals surface area contributed by atoms with Gasteiger partial charge in [-0.25, -0.2) is 9.37 Å². The van der Waals surface area contributed by atoms with E-state index in [0.29, 0.717) is 24.6 Å². The smallest absolute Gasteiger partial charge is 0.144 e. The topological polar surface area (TPSA) is 50.9 Å². The minimum absolute atomic E-state index is 0.129. The molecule has 1 fully saturated rings. The lowest BCUT2D eigenvalue weighted by Gasteiger charge is -2.29. The van der Waals surface area contributed by atoms with Crippen LogP contribution in [0.15, 0.2) is 37.2 Å². The van der Waals surface area contributed by atoms with Gasteiger partial charge in [0.25, 0.3) is 0 Å². The number of halogens is 1. The van der Waals surface area contributed by atoms with Crippen LogP contribution in [-0.2, 0) is 4.74 Å². The Kier molecular flexibility index (Phi) is 3.36. The van der Waals surface area contributed by atoms with Gasteiger partial charge >= 0.3 is 0 Å². The molecule has 1 unspecified atom stereocenters. The minimum atomic E-state index is -1.03. The Balaban J connectivity index is 2.03. The second-order valence-electron chi connectivity index (χ2n) is 4.89. The predicted molar refractivity (Wildman–Crippen MR) is 75.2 cm³/mol. The van der Waals surface area contributed by atoms with E-state index in [4.69, 9.17) is 10.1 Å². The lowest BCUT2D eigenvalue weighted by molar-refractivity contribution is 0.00346. The molecule has 20 heavy (non-hydrogen) atoms. The quantitative estimate of drug-likeness (QED) is 0.874. The van der Waals surface area contributed by atoms with Crippen LogP contribution >= 0.6 is 0 Å². The third-order valence-corrected chi connectivity index (χ3v) is 3.71. The van der Waals surface area contributed by atoms with Crippen LogP contribution in [0.3, 0.4) is 0 Å². The van der Waals surface area contributed by atoms with E-state index in [0.717, 1.165) is 11.1 Å². The summed E-state index contributed by atoms with van der Waals surface area (Å²) in [5.74, 6) is 0.712. The lowest BCUT2D eigenvalue weighted by Crippen LogP contribution is -2.32. The number of alkyl halides is 1. The van der Waals surface area contributed by atoms with E-state index in [9.17, 15) is 4.39 Å². The fourth-order valence-electron chi connectivity index (χ4n) is 2.66. The van der Waals surface area contributed by atoms with Crippen LogP contribution in [0.2, 0.25) is 0 Å². The van der Waals surface area contributed by atoms with E-state index >= 15 is 0 Å². The van der Waals surface area contributed by atoms with Crippen molar-refractivity contribution in [3.8, 4) is 11.4 Å². The molecule has 5 heteroatoms. The van der Waals surface area contributed by atoms with Crippen LogP contribution in [0.25, 0.3) is 11.4 Å². The summed E-state index contributed by atoms with van der Waals surface area (Å²) in [6.45, 7) is 4.30. The zero-order valence-electron chi connectivity index (χ0n) is 11.1. The van der Waals surface area contributed by atoms with Crippen molar-refractivity contribution in [1.82, 2.24) is 9.55 Å². The van der Waals surface area contributed by atoms with E-state index in [1.54, 1.807) is 6.20 Å². The first-order valence-corrected chi connectivity index (χ1v) is 6.61. The summed E-state index contributed by atoms with van der Waals surface area (Å²) in [5, 5.41) is 7.87. The Morgan fingerprint density at radius 2 is 2.45 bits per heavy atom. The first kappa shape index (κ1) is 13.0. The van der Waals surface area contributed by atoms with E-state index in [2.05, 4.69) is 11.6 Å². The van der Waals surface area contributed by atoms with Gasteiger partial charge in [-0.3, -0.25) is 0 Å². The number of allylic oxidation sites excluding steroid dienone is 1. The van der Waals surface area contributed by atoms with Crippen molar-refractivity contribution in [3.05, 3.63) is 42.7 Å². The summed E-state index contributed by atoms with van der Waals surface area (Å²) in [6, 6.07) is 3.51. The molecule has 0 aromatic carbocycles. The molecule has 2 atom stereocenters. The van der Waals surface area contributed by atoms with Crippen LogP contribution in [0.1, 0.15) is 18.0 Å². The summed E-state index contributed by atoms with van der Waals surface area (Å²) < 4.78 is 21.1. The number of hydrogen-bond donors (Lipinski definition) is 1. The van der Waals surface area contributed by atoms with E-state index in [1.165, 1.54) is 6.08 Å². The highest BCUT2D eigenvalue weighted by molar-refractivity contribution is 6.10. The minimum Gasteiger partial charge on any atom is -0.378 e. The lowest BCUT2D eigenvalue weighted by atomic mass is 10.0.